The summed E-state index contributed by atoms with van der Waals surface area (Å²) < 4.78 is 57.8. The zero-order chi connectivity index (χ0) is 17.2. The molecule has 8 heteroatoms. The summed E-state index contributed by atoms with van der Waals surface area (Å²) in [5.41, 5.74) is 0.328. The van der Waals surface area contributed by atoms with Crippen molar-refractivity contribution < 1.29 is 27.0 Å². The van der Waals surface area contributed by atoms with Gasteiger partial charge in [0.1, 0.15) is 0 Å². The lowest BCUT2D eigenvalue weighted by Crippen LogP contribution is -2.35. The molecule has 1 aromatic carbocycles. The molecule has 5 nitrogen and oxygen atoms in total. The summed E-state index contributed by atoms with van der Waals surface area (Å²) in [6, 6.07) is 2.57. The highest BCUT2D eigenvalue weighted by molar-refractivity contribution is 7.89. The van der Waals surface area contributed by atoms with Gasteiger partial charge < -0.3 is 9.84 Å². The molecule has 0 aliphatic carbocycles. The smallest absolute Gasteiger partial charge is 0.217 e. The van der Waals surface area contributed by atoms with E-state index in [1.165, 1.54) is 6.07 Å². The largest absolute Gasteiger partial charge is 0.392 e. The minimum absolute atomic E-state index is 0.0388. The van der Waals surface area contributed by atoms with E-state index < -0.39 is 33.8 Å². The van der Waals surface area contributed by atoms with E-state index in [1.807, 2.05) is 0 Å². The fraction of sp³-hybridized carbons (Fsp3) is 0.600. The zero-order valence-corrected chi connectivity index (χ0v) is 13.9. The number of β-amino-alcohol motifs (C(OH)–C–C–N with tert-alkyl or cyclic N) is 1. The lowest BCUT2D eigenvalue weighted by atomic mass is 10.0. The van der Waals surface area contributed by atoms with Crippen LogP contribution in [-0.4, -0.2) is 48.9 Å². The van der Waals surface area contributed by atoms with Crippen LogP contribution in [0.4, 0.5) is 8.78 Å². The molecule has 1 aromatic rings. The molecule has 23 heavy (non-hydrogen) atoms. The van der Waals surface area contributed by atoms with Crippen LogP contribution in [0.1, 0.15) is 31.9 Å². The van der Waals surface area contributed by atoms with E-state index in [1.54, 1.807) is 13.8 Å². The molecule has 0 unspecified atom stereocenters. The summed E-state index contributed by atoms with van der Waals surface area (Å²) in [4.78, 5) is 0. The van der Waals surface area contributed by atoms with Crippen molar-refractivity contribution in [1.29, 1.82) is 0 Å². The van der Waals surface area contributed by atoms with E-state index in [0.717, 1.165) is 16.4 Å². The first-order valence-electron chi connectivity index (χ1n) is 7.45. The number of ether oxygens (including phenoxy) is 1. The molecule has 0 radical (unpaired) electrons. The summed E-state index contributed by atoms with van der Waals surface area (Å²) in [6.07, 6.45) is -0.778. The number of sulfonamides is 1. The topological polar surface area (TPSA) is 66.8 Å². The lowest BCUT2D eigenvalue weighted by Gasteiger charge is -2.24. The molecule has 0 aromatic heterocycles. The van der Waals surface area contributed by atoms with Crippen LogP contribution in [0, 0.1) is 11.6 Å². The second-order valence-electron chi connectivity index (χ2n) is 5.88. The minimum Gasteiger partial charge on any atom is -0.392 e. The lowest BCUT2D eigenvalue weighted by molar-refractivity contribution is 0.0905. The third-order valence-electron chi connectivity index (χ3n) is 3.71. The Hall–Kier alpha value is -1.09. The highest BCUT2D eigenvalue weighted by Gasteiger charge is 2.39. The van der Waals surface area contributed by atoms with Gasteiger partial charge in [0, 0.05) is 6.54 Å². The third kappa shape index (κ3) is 4.47. The van der Waals surface area contributed by atoms with Crippen molar-refractivity contribution in [3.05, 3.63) is 35.4 Å². The molecule has 1 aliphatic rings. The minimum atomic E-state index is -3.68. The third-order valence-corrected chi connectivity index (χ3v) is 5.51. The van der Waals surface area contributed by atoms with Gasteiger partial charge in [0.15, 0.2) is 11.6 Å². The molecule has 1 fully saturated rings. The standard InChI is InChI=1S/C15H21F2NO4S/c1-10(2)22-5-6-23(20,21)18-9-12(19)8-15(18)11-3-4-13(16)14(17)7-11/h3-4,7,10,12,15,19H,5-6,8-9H2,1-2H3/t12-,15+/m1/s1. The van der Waals surface area contributed by atoms with E-state index in [-0.39, 0.29) is 31.4 Å². The number of aliphatic hydroxyl groups is 1. The van der Waals surface area contributed by atoms with Crippen molar-refractivity contribution in [2.45, 2.75) is 38.5 Å². The highest BCUT2D eigenvalue weighted by atomic mass is 32.2. The van der Waals surface area contributed by atoms with Crippen LogP contribution in [-0.2, 0) is 14.8 Å². The molecular weight excluding hydrogens is 328 g/mol. The predicted octanol–water partition coefficient (Wildman–Crippen LogP) is 1.83. The molecule has 1 heterocycles. The van der Waals surface area contributed by atoms with E-state index in [2.05, 4.69) is 0 Å². The molecule has 0 spiro atoms. The van der Waals surface area contributed by atoms with E-state index in [4.69, 9.17) is 4.74 Å². The first-order valence-corrected chi connectivity index (χ1v) is 9.05. The van der Waals surface area contributed by atoms with E-state index >= 15 is 0 Å². The van der Waals surface area contributed by atoms with Crippen molar-refractivity contribution in [2.75, 3.05) is 18.9 Å². The van der Waals surface area contributed by atoms with E-state index in [9.17, 15) is 22.3 Å². The Balaban J connectivity index is 2.20. The second-order valence-corrected chi connectivity index (χ2v) is 7.93. The number of hydrogen-bond donors (Lipinski definition) is 1. The fourth-order valence-corrected chi connectivity index (χ4v) is 4.16. The Labute approximate surface area is 134 Å². The number of benzene rings is 1. The maximum absolute atomic E-state index is 13.4. The molecule has 0 amide bonds. The molecule has 130 valence electrons. The van der Waals surface area contributed by atoms with Gasteiger partial charge in [0.25, 0.3) is 0 Å². The summed E-state index contributed by atoms with van der Waals surface area (Å²) in [5.74, 6) is -2.26. The van der Waals surface area contributed by atoms with Gasteiger partial charge in [0.05, 0.1) is 30.6 Å². The molecular formula is C15H21F2NO4S. The average molecular weight is 349 g/mol. The van der Waals surface area contributed by atoms with Crippen LogP contribution in [0.5, 0.6) is 0 Å². The number of aliphatic hydroxyl groups excluding tert-OH is 1. The van der Waals surface area contributed by atoms with Crippen LogP contribution >= 0.6 is 0 Å². The Bertz CT molecular complexity index is 651. The average Bonchev–Trinajstić information content (AvgIpc) is 2.84. The van der Waals surface area contributed by atoms with Gasteiger partial charge in [-0.1, -0.05) is 6.07 Å². The Morgan fingerprint density at radius 1 is 1.35 bits per heavy atom. The van der Waals surface area contributed by atoms with Crippen LogP contribution in [0.3, 0.4) is 0 Å². The van der Waals surface area contributed by atoms with Crippen LogP contribution < -0.4 is 0 Å². The monoisotopic (exact) mass is 349 g/mol. The Morgan fingerprint density at radius 2 is 2.04 bits per heavy atom. The van der Waals surface area contributed by atoms with Crippen LogP contribution in [0.15, 0.2) is 18.2 Å². The SMILES string of the molecule is CC(C)OCCS(=O)(=O)N1C[C@H](O)C[C@H]1c1ccc(F)c(F)c1. The molecule has 2 rings (SSSR count). The van der Waals surface area contributed by atoms with Gasteiger partial charge in [-0.15, -0.1) is 0 Å². The summed E-state index contributed by atoms with van der Waals surface area (Å²) in [5, 5.41) is 9.83. The van der Waals surface area contributed by atoms with Gasteiger partial charge >= 0.3 is 0 Å². The maximum Gasteiger partial charge on any atom is 0.217 e. The number of nitrogens with zero attached hydrogens (tertiary/aromatic N) is 1. The second kappa shape index (κ2) is 7.21. The van der Waals surface area contributed by atoms with Gasteiger partial charge in [-0.05, 0) is 38.0 Å². The van der Waals surface area contributed by atoms with Crippen LogP contribution in [0.2, 0.25) is 0 Å². The molecule has 1 N–H and O–H groups in total. The molecule has 1 saturated heterocycles. The quantitative estimate of drug-likeness (QED) is 0.851. The number of hydrogen-bond acceptors (Lipinski definition) is 4. The first kappa shape index (κ1) is 18.3. The normalized spacial score (nSPS) is 22.9. The molecule has 1 aliphatic heterocycles. The molecule has 0 bridgehead atoms. The number of halogens is 2. The summed E-state index contributed by atoms with van der Waals surface area (Å²) in [7, 11) is -3.68. The van der Waals surface area contributed by atoms with Crippen molar-refractivity contribution >= 4 is 10.0 Å². The number of rotatable bonds is 6. The summed E-state index contributed by atoms with van der Waals surface area (Å²) in [6.45, 7) is 3.58. The van der Waals surface area contributed by atoms with Crippen molar-refractivity contribution in [3.8, 4) is 0 Å². The molecule has 0 saturated carbocycles. The zero-order valence-electron chi connectivity index (χ0n) is 13.1. The fourth-order valence-electron chi connectivity index (χ4n) is 2.62. The Morgan fingerprint density at radius 3 is 2.65 bits per heavy atom. The van der Waals surface area contributed by atoms with Gasteiger partial charge in [-0.25, -0.2) is 17.2 Å². The van der Waals surface area contributed by atoms with Crippen LogP contribution in [0.25, 0.3) is 0 Å². The maximum atomic E-state index is 13.4. The van der Waals surface area contributed by atoms with Crippen molar-refractivity contribution in [3.63, 3.8) is 0 Å². The Kier molecular flexibility index (Phi) is 5.72. The van der Waals surface area contributed by atoms with Gasteiger partial charge in [-0.3, -0.25) is 0 Å². The highest BCUT2D eigenvalue weighted by Crippen LogP contribution is 2.35. The van der Waals surface area contributed by atoms with E-state index in [0.29, 0.717) is 5.56 Å². The van der Waals surface area contributed by atoms with Gasteiger partial charge in [-0.2, -0.15) is 4.31 Å². The van der Waals surface area contributed by atoms with Crippen molar-refractivity contribution in [1.82, 2.24) is 4.31 Å². The summed E-state index contributed by atoms with van der Waals surface area (Å²) >= 11 is 0. The van der Waals surface area contributed by atoms with Crippen molar-refractivity contribution in [2.24, 2.45) is 0 Å². The first-order chi connectivity index (χ1) is 10.7. The van der Waals surface area contributed by atoms with Gasteiger partial charge in [0.2, 0.25) is 10.0 Å². The molecule has 2 atom stereocenters. The predicted molar refractivity (Wildman–Crippen MR) is 81.3 cm³/mol.